The summed E-state index contributed by atoms with van der Waals surface area (Å²) in [5, 5.41) is 2.96. The van der Waals surface area contributed by atoms with Gasteiger partial charge in [-0.3, -0.25) is 14.5 Å². The third-order valence-electron chi connectivity index (χ3n) is 6.71. The number of unbranched alkanes of at least 4 members (excludes halogenated alkanes) is 1. The van der Waals surface area contributed by atoms with Crippen LogP contribution in [0.5, 0.6) is 0 Å². The maximum absolute atomic E-state index is 14.0. The van der Waals surface area contributed by atoms with E-state index in [1.165, 1.54) is 0 Å². The van der Waals surface area contributed by atoms with Gasteiger partial charge in [0, 0.05) is 17.4 Å². The van der Waals surface area contributed by atoms with Crippen LogP contribution in [0.15, 0.2) is 88.3 Å². The summed E-state index contributed by atoms with van der Waals surface area (Å²) in [5.41, 5.74) is 9.23. The van der Waals surface area contributed by atoms with Crippen LogP contribution in [-0.4, -0.2) is 22.7 Å². The zero-order chi connectivity index (χ0) is 26.3. The van der Waals surface area contributed by atoms with E-state index in [2.05, 4.69) is 40.3 Å². The molecule has 6 nitrogen and oxygen atoms in total. The number of amides is 2. The Morgan fingerprint density at radius 1 is 1.00 bits per heavy atom. The van der Waals surface area contributed by atoms with Crippen LogP contribution >= 0.6 is 15.9 Å². The zero-order valence-corrected chi connectivity index (χ0v) is 22.7. The lowest BCUT2D eigenvalue weighted by molar-refractivity contribution is -0.132. The molecule has 1 aliphatic heterocycles. The first-order valence-electron chi connectivity index (χ1n) is 12.7. The number of nitrogens with one attached hydrogen (secondary N) is 1. The average Bonchev–Trinajstić information content (AvgIpc) is 3.16. The van der Waals surface area contributed by atoms with Crippen molar-refractivity contribution in [1.82, 2.24) is 10.2 Å². The van der Waals surface area contributed by atoms with Crippen LogP contribution in [0.1, 0.15) is 54.9 Å². The highest BCUT2D eigenvalue weighted by Gasteiger charge is 2.48. The molecule has 1 heterocycles. The second-order valence-corrected chi connectivity index (χ2v) is 10.3. The first-order valence-corrected chi connectivity index (χ1v) is 13.5. The van der Waals surface area contributed by atoms with E-state index in [9.17, 15) is 9.59 Å². The van der Waals surface area contributed by atoms with Gasteiger partial charge in [0.25, 0.3) is 5.91 Å². The third-order valence-corrected chi connectivity index (χ3v) is 7.21. The van der Waals surface area contributed by atoms with Gasteiger partial charge in [0.2, 0.25) is 5.91 Å². The Bertz CT molecular complexity index is 1260. The van der Waals surface area contributed by atoms with Crippen molar-refractivity contribution in [2.24, 2.45) is 10.7 Å². The highest BCUT2D eigenvalue weighted by Crippen LogP contribution is 2.39. The van der Waals surface area contributed by atoms with E-state index in [0.29, 0.717) is 32.4 Å². The van der Waals surface area contributed by atoms with E-state index >= 15 is 0 Å². The fraction of sp³-hybridized carbons (Fsp3) is 0.300. The number of carbonyl (C=O) groups is 2. The van der Waals surface area contributed by atoms with Crippen molar-refractivity contribution in [2.75, 3.05) is 0 Å². The summed E-state index contributed by atoms with van der Waals surface area (Å²) in [4.78, 5) is 32.3. The van der Waals surface area contributed by atoms with E-state index in [4.69, 9.17) is 10.7 Å². The molecule has 7 heteroatoms. The number of carbonyl (C=O) groups excluding carboxylic acids is 2. The summed E-state index contributed by atoms with van der Waals surface area (Å²) in [6.07, 6.45) is 3.65. The molecule has 3 N–H and O–H groups in total. The Morgan fingerprint density at radius 2 is 1.73 bits per heavy atom. The van der Waals surface area contributed by atoms with Gasteiger partial charge in [-0.25, -0.2) is 4.99 Å². The van der Waals surface area contributed by atoms with Crippen LogP contribution in [0.25, 0.3) is 0 Å². The van der Waals surface area contributed by atoms with Crippen molar-refractivity contribution in [3.05, 3.63) is 106 Å². The first kappa shape index (κ1) is 26.6. The van der Waals surface area contributed by atoms with E-state index in [-0.39, 0.29) is 17.8 Å². The lowest BCUT2D eigenvalue weighted by atomic mass is 9.84. The van der Waals surface area contributed by atoms with Gasteiger partial charge in [-0.15, -0.1) is 0 Å². The molecule has 4 rings (SSSR count). The highest BCUT2D eigenvalue weighted by molar-refractivity contribution is 9.10. The van der Waals surface area contributed by atoms with Gasteiger partial charge in [0.05, 0.1) is 6.54 Å². The molecular weight excluding hydrogens is 528 g/mol. The fourth-order valence-corrected chi connectivity index (χ4v) is 4.97. The molecule has 0 aromatic heterocycles. The maximum atomic E-state index is 14.0. The lowest BCUT2D eigenvalue weighted by Crippen LogP contribution is -2.42. The summed E-state index contributed by atoms with van der Waals surface area (Å²) in [5.74, 6) is 0.175. The summed E-state index contributed by atoms with van der Waals surface area (Å²) in [6.45, 7) is 2.89. The monoisotopic (exact) mass is 560 g/mol. The molecule has 37 heavy (non-hydrogen) atoms. The maximum Gasteiger partial charge on any atom is 0.262 e. The first-order chi connectivity index (χ1) is 17.9. The summed E-state index contributed by atoms with van der Waals surface area (Å²) in [7, 11) is 0. The molecule has 0 fully saturated rings. The molecule has 0 spiro atoms. The minimum atomic E-state index is -1.08. The largest absolute Gasteiger partial charge is 0.369 e. The second-order valence-electron chi connectivity index (χ2n) is 9.41. The number of hydrogen-bond acceptors (Lipinski definition) is 4. The number of hydrogen-bond donors (Lipinski definition) is 2. The quantitative estimate of drug-likeness (QED) is 0.327. The van der Waals surface area contributed by atoms with Gasteiger partial charge in [-0.2, -0.15) is 0 Å². The Labute approximate surface area is 227 Å². The van der Waals surface area contributed by atoms with Crippen LogP contribution in [0.2, 0.25) is 0 Å². The van der Waals surface area contributed by atoms with E-state index in [1.807, 2.05) is 66.7 Å². The molecule has 3 aromatic rings. The number of aryl methyl sites for hydroxylation is 1. The number of nitrogens with two attached hydrogens (primary N) is 1. The number of aliphatic imine (C=N–C) groups is 1. The molecule has 1 aliphatic rings. The molecule has 0 radical (unpaired) electrons. The fourth-order valence-electron chi connectivity index (χ4n) is 4.57. The Hall–Kier alpha value is -3.45. The van der Waals surface area contributed by atoms with Gasteiger partial charge in [-0.1, -0.05) is 96.0 Å². The Morgan fingerprint density at radius 3 is 2.43 bits per heavy atom. The topological polar surface area (TPSA) is 87.8 Å². The van der Waals surface area contributed by atoms with E-state index < -0.39 is 5.54 Å². The number of halogens is 1. The van der Waals surface area contributed by atoms with E-state index in [0.717, 1.165) is 39.6 Å². The van der Waals surface area contributed by atoms with Gasteiger partial charge >= 0.3 is 0 Å². The van der Waals surface area contributed by atoms with Gasteiger partial charge in [0.1, 0.15) is 0 Å². The molecule has 0 bridgehead atoms. The molecule has 1 atom stereocenters. The Kier molecular flexibility index (Phi) is 8.77. The normalized spacial score (nSPS) is 17.1. The molecule has 0 saturated carbocycles. The Balaban J connectivity index is 1.50. The van der Waals surface area contributed by atoms with Crippen molar-refractivity contribution in [1.29, 1.82) is 0 Å². The third kappa shape index (κ3) is 6.46. The smallest absolute Gasteiger partial charge is 0.262 e. The van der Waals surface area contributed by atoms with Gasteiger partial charge in [0.15, 0.2) is 11.5 Å². The minimum absolute atomic E-state index is 0.0666. The van der Waals surface area contributed by atoms with Crippen molar-refractivity contribution >= 4 is 33.7 Å². The molecule has 2 amide bonds. The van der Waals surface area contributed by atoms with Crippen molar-refractivity contribution < 1.29 is 9.59 Å². The zero-order valence-electron chi connectivity index (χ0n) is 21.1. The number of benzene rings is 3. The summed E-state index contributed by atoms with van der Waals surface area (Å²) < 4.78 is 0.890. The molecule has 0 saturated heterocycles. The number of guanidine groups is 1. The van der Waals surface area contributed by atoms with Crippen LogP contribution < -0.4 is 11.1 Å². The standard InChI is InChI=1S/C30H33BrN4O2/c1-2-3-12-27(36)33-20-23-13-15-24(16-14-23)21-35-28(37)30(34-29(35)32,25-10-7-11-26(31)19-25)18-17-22-8-5-4-6-9-22/h4-11,13-16,19H,2-3,12,17-18,20-21H2,1H3,(H2,32,34)(H,33,36). The molecule has 192 valence electrons. The van der Waals surface area contributed by atoms with Crippen molar-refractivity contribution in [3.8, 4) is 0 Å². The van der Waals surface area contributed by atoms with Gasteiger partial charge < -0.3 is 11.1 Å². The summed E-state index contributed by atoms with van der Waals surface area (Å²) in [6, 6.07) is 25.7. The number of nitrogens with zero attached hydrogens (tertiary/aromatic N) is 2. The van der Waals surface area contributed by atoms with Crippen LogP contribution in [0.3, 0.4) is 0 Å². The predicted octanol–water partition coefficient (Wildman–Crippen LogP) is 5.44. The molecule has 0 aliphatic carbocycles. The van der Waals surface area contributed by atoms with Crippen LogP contribution in [0.4, 0.5) is 0 Å². The molecule has 3 aromatic carbocycles. The van der Waals surface area contributed by atoms with Crippen LogP contribution in [-0.2, 0) is 34.6 Å². The second kappa shape index (κ2) is 12.2. The van der Waals surface area contributed by atoms with Gasteiger partial charge in [-0.05, 0) is 53.6 Å². The molecular formula is C30H33BrN4O2. The predicted molar refractivity (Wildman–Crippen MR) is 151 cm³/mol. The van der Waals surface area contributed by atoms with Crippen molar-refractivity contribution in [3.63, 3.8) is 0 Å². The summed E-state index contributed by atoms with van der Waals surface area (Å²) >= 11 is 3.54. The SMILES string of the molecule is CCCCC(=O)NCc1ccc(CN2C(=O)C(CCc3ccccc3)(c3cccc(Br)c3)N=C2N)cc1. The highest BCUT2D eigenvalue weighted by atomic mass is 79.9. The minimum Gasteiger partial charge on any atom is -0.369 e. The van der Waals surface area contributed by atoms with E-state index in [1.54, 1.807) is 4.90 Å². The lowest BCUT2D eigenvalue weighted by Gasteiger charge is -2.27. The molecule has 1 unspecified atom stereocenters. The number of rotatable bonds is 11. The van der Waals surface area contributed by atoms with Crippen molar-refractivity contribution in [2.45, 2.75) is 57.7 Å². The average molecular weight is 562 g/mol. The van der Waals surface area contributed by atoms with Crippen LogP contribution in [0, 0.1) is 0 Å².